The quantitative estimate of drug-likeness (QED) is 0.0212. The van der Waals surface area contributed by atoms with E-state index < -0.39 is 20.0 Å². The van der Waals surface area contributed by atoms with Gasteiger partial charge in [-0.3, -0.25) is 14.2 Å². The monoisotopic (exact) mass is 925 g/mol. The molecule has 0 aromatic heterocycles. The van der Waals surface area contributed by atoms with Crippen LogP contribution in [-0.4, -0.2) is 69.4 Å². The van der Waals surface area contributed by atoms with Crippen molar-refractivity contribution in [2.24, 2.45) is 0 Å². The van der Waals surface area contributed by atoms with Crippen molar-refractivity contribution in [1.82, 2.24) is 5.32 Å². The number of phosphoric acid groups is 1. The molecular formula is C54H105N2O7P. The number of nitrogens with zero attached hydrogens (tertiary/aromatic N) is 1. The molecule has 378 valence electrons. The van der Waals surface area contributed by atoms with Crippen LogP contribution >= 0.6 is 7.82 Å². The number of esters is 1. The lowest BCUT2D eigenvalue weighted by Gasteiger charge is -2.30. The van der Waals surface area contributed by atoms with Crippen molar-refractivity contribution < 1.29 is 37.3 Å². The van der Waals surface area contributed by atoms with E-state index in [9.17, 15) is 19.0 Å². The van der Waals surface area contributed by atoms with Crippen LogP contribution in [0.5, 0.6) is 0 Å². The fourth-order valence-corrected chi connectivity index (χ4v) is 8.58. The van der Waals surface area contributed by atoms with Gasteiger partial charge < -0.3 is 28.5 Å². The molecule has 0 fully saturated rings. The smallest absolute Gasteiger partial charge is 0.306 e. The number of phosphoric ester groups is 1. The Hall–Kier alpha value is -1.51. The number of ether oxygens (including phenoxy) is 1. The highest BCUT2D eigenvalue weighted by atomic mass is 31.2. The summed E-state index contributed by atoms with van der Waals surface area (Å²) in [6.45, 7) is 6.80. The number of quaternary nitrogens is 1. The predicted octanol–water partition coefficient (Wildman–Crippen LogP) is 15.2. The lowest BCUT2D eigenvalue weighted by Crippen LogP contribution is -2.47. The Labute approximate surface area is 396 Å². The molecule has 0 saturated carbocycles. The number of carbonyl (C=O) groups excluding carboxylic acids is 2. The Morgan fingerprint density at radius 2 is 0.922 bits per heavy atom. The first kappa shape index (κ1) is 62.5. The second-order valence-electron chi connectivity index (χ2n) is 19.7. The molecule has 9 nitrogen and oxygen atoms in total. The first-order valence-electron chi connectivity index (χ1n) is 27.1. The molecular weight excluding hydrogens is 820 g/mol. The normalized spacial score (nSPS) is 14.0. The molecule has 0 aromatic carbocycles. The van der Waals surface area contributed by atoms with Gasteiger partial charge in [0, 0.05) is 12.8 Å². The molecule has 64 heavy (non-hydrogen) atoms. The van der Waals surface area contributed by atoms with Gasteiger partial charge in [-0.15, -0.1) is 0 Å². The van der Waals surface area contributed by atoms with Gasteiger partial charge in [0.05, 0.1) is 33.8 Å². The summed E-state index contributed by atoms with van der Waals surface area (Å²) >= 11 is 0. The molecule has 0 aromatic rings. The second kappa shape index (κ2) is 45.3. The lowest BCUT2D eigenvalue weighted by molar-refractivity contribution is -0.870. The van der Waals surface area contributed by atoms with E-state index >= 15 is 0 Å². The molecule has 3 unspecified atom stereocenters. The van der Waals surface area contributed by atoms with Crippen molar-refractivity contribution >= 4 is 19.7 Å². The van der Waals surface area contributed by atoms with Gasteiger partial charge in [0.2, 0.25) is 5.91 Å². The molecule has 0 aliphatic heterocycles. The van der Waals surface area contributed by atoms with Crippen molar-refractivity contribution in [3.8, 4) is 0 Å². The van der Waals surface area contributed by atoms with Gasteiger partial charge in [-0.25, -0.2) is 0 Å². The standard InChI is InChI=1S/C54H105N2O7P/c1-7-10-13-16-19-22-25-27-28-29-32-35-38-41-44-47-54(58)63-52(45-42-39-36-33-31-26-23-20-17-14-11-8-2)51(50-62-64(59,60)61-49-48-56(4,5)6)55-53(57)46-43-40-37-34-30-24-21-18-15-12-9-3/h18,21,42,45,51-52H,7-17,19-20,22-41,43-44,46-50H2,1-6H3,(H-,55,57,59,60)/b21-18-,45-42+. The molecule has 3 atom stereocenters. The summed E-state index contributed by atoms with van der Waals surface area (Å²) in [5, 5.41) is 3.01. The maximum absolute atomic E-state index is 13.4. The van der Waals surface area contributed by atoms with Crippen LogP contribution in [0.2, 0.25) is 0 Å². The van der Waals surface area contributed by atoms with Gasteiger partial charge in [-0.1, -0.05) is 219 Å². The summed E-state index contributed by atoms with van der Waals surface area (Å²) in [6.07, 6.45) is 49.9. The average molecular weight is 925 g/mol. The summed E-state index contributed by atoms with van der Waals surface area (Å²) in [7, 11) is 1.19. The molecule has 0 aliphatic rings. The van der Waals surface area contributed by atoms with Crippen molar-refractivity contribution in [2.75, 3.05) is 40.9 Å². The van der Waals surface area contributed by atoms with E-state index in [1.807, 2.05) is 33.3 Å². The van der Waals surface area contributed by atoms with E-state index in [0.29, 0.717) is 17.4 Å². The predicted molar refractivity (Wildman–Crippen MR) is 270 cm³/mol. The Kier molecular flexibility index (Phi) is 44.2. The fourth-order valence-electron chi connectivity index (χ4n) is 7.86. The van der Waals surface area contributed by atoms with E-state index in [1.54, 1.807) is 0 Å². The first-order valence-corrected chi connectivity index (χ1v) is 28.6. The summed E-state index contributed by atoms with van der Waals surface area (Å²) in [6, 6.07) is -0.884. The molecule has 0 radical (unpaired) electrons. The van der Waals surface area contributed by atoms with Gasteiger partial charge in [-0.05, 0) is 51.0 Å². The molecule has 0 saturated heterocycles. The third kappa shape index (κ3) is 45.6. The van der Waals surface area contributed by atoms with Crippen LogP contribution in [0.25, 0.3) is 0 Å². The van der Waals surface area contributed by atoms with Gasteiger partial charge >= 0.3 is 5.97 Å². The maximum atomic E-state index is 13.4. The summed E-state index contributed by atoms with van der Waals surface area (Å²) < 4.78 is 30.1. The van der Waals surface area contributed by atoms with Crippen LogP contribution in [-0.2, 0) is 27.9 Å². The molecule has 0 aliphatic carbocycles. The molecule has 10 heteroatoms. The molecule has 1 amide bonds. The van der Waals surface area contributed by atoms with Crippen LogP contribution in [0, 0.1) is 0 Å². The van der Waals surface area contributed by atoms with Crippen molar-refractivity contribution in [3.05, 3.63) is 24.3 Å². The van der Waals surface area contributed by atoms with Gasteiger partial charge in [-0.2, -0.15) is 0 Å². The minimum absolute atomic E-state index is 0.0210. The zero-order valence-corrected chi connectivity index (χ0v) is 43.9. The number of amides is 1. The minimum atomic E-state index is -4.68. The molecule has 0 bridgehead atoms. The van der Waals surface area contributed by atoms with Crippen molar-refractivity contribution in [1.29, 1.82) is 0 Å². The number of likely N-dealkylation sites (N-methyl/N-ethyl adjacent to an activating group) is 1. The van der Waals surface area contributed by atoms with E-state index in [2.05, 4.69) is 38.2 Å². The Balaban J connectivity index is 5.37. The maximum Gasteiger partial charge on any atom is 0.306 e. The van der Waals surface area contributed by atoms with Crippen LogP contribution < -0.4 is 10.2 Å². The fraction of sp³-hybridized carbons (Fsp3) is 0.889. The number of rotatable bonds is 49. The topological polar surface area (TPSA) is 114 Å². The van der Waals surface area contributed by atoms with E-state index in [0.717, 1.165) is 83.5 Å². The van der Waals surface area contributed by atoms with Crippen LogP contribution in [0.3, 0.4) is 0 Å². The number of carbonyl (C=O) groups is 2. The number of unbranched alkanes of at least 4 members (excludes halogenated alkanes) is 31. The van der Waals surface area contributed by atoms with E-state index in [1.165, 1.54) is 141 Å². The van der Waals surface area contributed by atoms with Gasteiger partial charge in [0.15, 0.2) is 0 Å². The Bertz CT molecular complexity index is 1160. The van der Waals surface area contributed by atoms with Crippen LogP contribution in [0.4, 0.5) is 0 Å². The molecule has 1 N–H and O–H groups in total. The van der Waals surface area contributed by atoms with E-state index in [-0.39, 0.29) is 31.5 Å². The summed E-state index contributed by atoms with van der Waals surface area (Å²) in [5.74, 6) is -0.544. The van der Waals surface area contributed by atoms with Crippen LogP contribution in [0.1, 0.15) is 258 Å². The molecule has 0 heterocycles. The van der Waals surface area contributed by atoms with Gasteiger partial charge in [0.25, 0.3) is 7.82 Å². The Morgan fingerprint density at radius 1 is 0.531 bits per heavy atom. The van der Waals surface area contributed by atoms with Crippen molar-refractivity contribution in [2.45, 2.75) is 270 Å². The highest BCUT2D eigenvalue weighted by molar-refractivity contribution is 7.45. The third-order valence-electron chi connectivity index (χ3n) is 12.1. The van der Waals surface area contributed by atoms with Crippen molar-refractivity contribution in [3.63, 3.8) is 0 Å². The number of allylic oxidation sites excluding steroid dienone is 3. The van der Waals surface area contributed by atoms with E-state index in [4.69, 9.17) is 13.8 Å². The Morgan fingerprint density at radius 3 is 1.38 bits per heavy atom. The highest BCUT2D eigenvalue weighted by Gasteiger charge is 2.27. The number of hydrogen-bond acceptors (Lipinski definition) is 7. The van der Waals surface area contributed by atoms with Gasteiger partial charge in [0.1, 0.15) is 19.3 Å². The largest absolute Gasteiger partial charge is 0.756 e. The van der Waals surface area contributed by atoms with Crippen LogP contribution in [0.15, 0.2) is 24.3 Å². The highest BCUT2D eigenvalue weighted by Crippen LogP contribution is 2.38. The average Bonchev–Trinajstić information content (AvgIpc) is 3.25. The molecule has 0 spiro atoms. The third-order valence-corrected chi connectivity index (χ3v) is 13.1. The summed E-state index contributed by atoms with van der Waals surface area (Å²) in [4.78, 5) is 39.7. The zero-order valence-electron chi connectivity index (χ0n) is 43.0. The number of nitrogens with one attached hydrogen (secondary N) is 1. The molecule has 0 rings (SSSR count). The first-order chi connectivity index (χ1) is 30.9. The minimum Gasteiger partial charge on any atom is -0.756 e. The number of hydrogen-bond donors (Lipinski definition) is 1. The summed E-state index contributed by atoms with van der Waals surface area (Å²) in [5.41, 5.74) is 0. The zero-order chi connectivity index (χ0) is 47.3. The lowest BCUT2D eigenvalue weighted by atomic mass is 10.0. The second-order valence-corrected chi connectivity index (χ2v) is 21.1. The SMILES string of the molecule is CCCC/C=C\CCCCCCCC(=O)NC(COP(=O)([O-])OCC[N+](C)(C)C)C(/C=C/CCCCCCCCCCCC)OC(=O)CCCCCCCCCCCCCCCCC.